The molecule has 0 bridgehead atoms. The van der Waals surface area contributed by atoms with Crippen molar-refractivity contribution >= 4 is 55.6 Å². The van der Waals surface area contributed by atoms with E-state index >= 15 is 0 Å². The van der Waals surface area contributed by atoms with E-state index in [1.54, 1.807) is 35.2 Å². The molecule has 0 aliphatic rings. The minimum absolute atomic E-state index is 0.0626. The van der Waals surface area contributed by atoms with Gasteiger partial charge < -0.3 is 0 Å². The van der Waals surface area contributed by atoms with Gasteiger partial charge in [0.05, 0.1) is 15.6 Å². The number of rotatable bonds is 7. The number of aromatic nitrogens is 1. The number of hydrogen-bond donors (Lipinski definition) is 0. The lowest BCUT2D eigenvalue weighted by Gasteiger charge is -2.20. The predicted molar refractivity (Wildman–Crippen MR) is 127 cm³/mol. The van der Waals surface area contributed by atoms with Gasteiger partial charge in [0.25, 0.3) is 5.91 Å². The molecule has 3 aromatic rings. The van der Waals surface area contributed by atoms with Crippen LogP contribution < -0.4 is 4.90 Å². The van der Waals surface area contributed by atoms with Crippen molar-refractivity contribution in [1.29, 1.82) is 0 Å². The highest BCUT2D eigenvalue weighted by Crippen LogP contribution is 2.34. The number of nitrogens with zero attached hydrogens (tertiary/aromatic N) is 3. The summed E-state index contributed by atoms with van der Waals surface area (Å²) >= 11 is 13.6. The first-order chi connectivity index (χ1) is 14.6. The quantitative estimate of drug-likeness (QED) is 0.436. The maximum absolute atomic E-state index is 13.3. The van der Waals surface area contributed by atoms with Crippen LogP contribution in [0.4, 0.5) is 5.13 Å². The average Bonchev–Trinajstić information content (AvgIpc) is 3.21. The Balaban J connectivity index is 1.97. The zero-order valence-corrected chi connectivity index (χ0v) is 20.3. The highest BCUT2D eigenvalue weighted by atomic mass is 35.5. The molecule has 2 aromatic carbocycles. The number of amides is 1. The van der Waals surface area contributed by atoms with Crippen LogP contribution in [0.2, 0.25) is 10.0 Å². The Morgan fingerprint density at radius 3 is 2.52 bits per heavy atom. The fourth-order valence-corrected chi connectivity index (χ4v) is 5.18. The Morgan fingerprint density at radius 1 is 1.13 bits per heavy atom. The Bertz CT molecular complexity index is 1210. The maximum Gasteiger partial charge on any atom is 0.260 e. The minimum atomic E-state index is -3.65. The van der Waals surface area contributed by atoms with Crippen LogP contribution >= 0.6 is 34.5 Å². The van der Waals surface area contributed by atoms with E-state index < -0.39 is 10.0 Å². The summed E-state index contributed by atoms with van der Waals surface area (Å²) in [6.07, 6.45) is 0.706. The molecule has 0 radical (unpaired) electrons. The van der Waals surface area contributed by atoms with E-state index in [2.05, 4.69) is 4.98 Å². The normalized spacial score (nSPS) is 11.7. The van der Waals surface area contributed by atoms with Crippen LogP contribution in [0, 0.1) is 0 Å². The maximum atomic E-state index is 13.3. The molecule has 0 saturated carbocycles. The van der Waals surface area contributed by atoms with Crippen molar-refractivity contribution in [3.05, 3.63) is 63.5 Å². The molecule has 0 aliphatic heterocycles. The molecular formula is C21H21Cl2N3O3S2. The molecule has 0 N–H and O–H groups in total. The summed E-state index contributed by atoms with van der Waals surface area (Å²) in [5, 5.41) is 3.33. The Labute approximate surface area is 196 Å². The van der Waals surface area contributed by atoms with Crippen LogP contribution in [-0.4, -0.2) is 44.3 Å². The van der Waals surface area contributed by atoms with Gasteiger partial charge in [-0.15, -0.1) is 11.3 Å². The second-order valence-electron chi connectivity index (χ2n) is 6.91. The lowest BCUT2D eigenvalue weighted by atomic mass is 10.2. The fraction of sp³-hybridized carbons (Fsp3) is 0.238. The first-order valence-electron chi connectivity index (χ1n) is 9.40. The van der Waals surface area contributed by atoms with E-state index in [1.807, 2.05) is 12.3 Å². The molecule has 0 aliphatic carbocycles. The first kappa shape index (κ1) is 23.7. The standard InChI is InChI=1S/C21H21Cl2N3O3S2/c1-4-10-26(20(27)14-6-5-7-16(11-14)31(28,29)25(2)3)21-24-19(13-30-21)17-9-8-15(22)12-18(17)23/h5-9,11-13H,4,10H2,1-3H3. The molecule has 6 nitrogen and oxygen atoms in total. The topological polar surface area (TPSA) is 70.6 Å². The highest BCUT2D eigenvalue weighted by molar-refractivity contribution is 7.89. The van der Waals surface area contributed by atoms with E-state index in [4.69, 9.17) is 23.2 Å². The van der Waals surface area contributed by atoms with Gasteiger partial charge in [0.1, 0.15) is 0 Å². The molecule has 1 heterocycles. The second kappa shape index (κ2) is 9.67. The molecule has 1 amide bonds. The zero-order valence-electron chi connectivity index (χ0n) is 17.2. The number of hydrogen-bond acceptors (Lipinski definition) is 5. The van der Waals surface area contributed by atoms with Gasteiger partial charge in [0.2, 0.25) is 10.0 Å². The molecule has 0 saturated heterocycles. The van der Waals surface area contributed by atoms with Crippen molar-refractivity contribution in [1.82, 2.24) is 9.29 Å². The van der Waals surface area contributed by atoms with Crippen molar-refractivity contribution in [2.45, 2.75) is 18.2 Å². The number of anilines is 1. The summed E-state index contributed by atoms with van der Waals surface area (Å²) in [6, 6.07) is 11.2. The van der Waals surface area contributed by atoms with Crippen molar-refractivity contribution in [3.63, 3.8) is 0 Å². The van der Waals surface area contributed by atoms with Gasteiger partial charge in [-0.3, -0.25) is 9.69 Å². The number of halogens is 2. The van der Waals surface area contributed by atoms with Crippen molar-refractivity contribution < 1.29 is 13.2 Å². The van der Waals surface area contributed by atoms with Crippen LogP contribution in [0.3, 0.4) is 0 Å². The van der Waals surface area contributed by atoms with Gasteiger partial charge in [-0.05, 0) is 42.8 Å². The van der Waals surface area contributed by atoms with Gasteiger partial charge in [0, 0.05) is 42.2 Å². The molecule has 3 rings (SSSR count). The molecular weight excluding hydrogens is 477 g/mol. The summed E-state index contributed by atoms with van der Waals surface area (Å²) in [5.41, 5.74) is 1.63. The SMILES string of the molecule is CCCN(C(=O)c1cccc(S(=O)(=O)N(C)C)c1)c1nc(-c2ccc(Cl)cc2Cl)cs1. The molecule has 1 aromatic heterocycles. The van der Waals surface area contributed by atoms with E-state index in [9.17, 15) is 13.2 Å². The number of carbonyl (C=O) groups is 1. The van der Waals surface area contributed by atoms with Gasteiger partial charge in [-0.2, -0.15) is 0 Å². The largest absolute Gasteiger partial charge is 0.284 e. The van der Waals surface area contributed by atoms with E-state index in [0.717, 1.165) is 9.87 Å². The van der Waals surface area contributed by atoms with Gasteiger partial charge >= 0.3 is 0 Å². The van der Waals surface area contributed by atoms with Crippen molar-refractivity contribution in [2.75, 3.05) is 25.5 Å². The smallest absolute Gasteiger partial charge is 0.260 e. The number of carbonyl (C=O) groups excluding carboxylic acids is 1. The lowest BCUT2D eigenvalue weighted by molar-refractivity contribution is 0.0986. The van der Waals surface area contributed by atoms with Crippen molar-refractivity contribution in [2.24, 2.45) is 0 Å². The summed E-state index contributed by atoms with van der Waals surface area (Å²) < 4.78 is 26.0. The van der Waals surface area contributed by atoms with Crippen LogP contribution in [-0.2, 0) is 10.0 Å². The fourth-order valence-electron chi connectivity index (χ4n) is 2.87. The number of thiazole rings is 1. The number of benzene rings is 2. The van der Waals surface area contributed by atoms with Gasteiger partial charge in [-0.25, -0.2) is 17.7 Å². The van der Waals surface area contributed by atoms with Crippen LogP contribution in [0.1, 0.15) is 23.7 Å². The summed E-state index contributed by atoms with van der Waals surface area (Å²) in [6.45, 7) is 2.39. The average molecular weight is 498 g/mol. The molecule has 164 valence electrons. The zero-order chi connectivity index (χ0) is 22.8. The minimum Gasteiger partial charge on any atom is -0.284 e. The predicted octanol–water partition coefficient (Wildman–Crippen LogP) is 5.42. The van der Waals surface area contributed by atoms with E-state index in [0.29, 0.717) is 33.8 Å². The molecule has 0 spiro atoms. The molecule has 10 heteroatoms. The summed E-state index contributed by atoms with van der Waals surface area (Å²) in [5.74, 6) is -0.319. The Kier molecular flexibility index (Phi) is 7.39. The van der Waals surface area contributed by atoms with Gasteiger partial charge in [-0.1, -0.05) is 36.2 Å². The third-order valence-electron chi connectivity index (χ3n) is 4.48. The van der Waals surface area contributed by atoms with Gasteiger partial charge in [0.15, 0.2) is 5.13 Å². The third kappa shape index (κ3) is 5.10. The Hall–Kier alpha value is -1.97. The summed E-state index contributed by atoms with van der Waals surface area (Å²) in [4.78, 5) is 19.5. The highest BCUT2D eigenvalue weighted by Gasteiger charge is 2.24. The molecule has 0 fully saturated rings. The van der Waals surface area contributed by atoms with E-state index in [-0.39, 0.29) is 16.4 Å². The molecule has 0 unspecified atom stereocenters. The van der Waals surface area contributed by atoms with Crippen molar-refractivity contribution in [3.8, 4) is 11.3 Å². The van der Waals surface area contributed by atoms with E-state index in [1.165, 1.54) is 37.6 Å². The molecule has 31 heavy (non-hydrogen) atoms. The monoisotopic (exact) mass is 497 g/mol. The molecule has 0 atom stereocenters. The van der Waals surface area contributed by atoms with Crippen LogP contribution in [0.25, 0.3) is 11.3 Å². The van der Waals surface area contributed by atoms with Crippen LogP contribution in [0.15, 0.2) is 52.7 Å². The first-order valence-corrected chi connectivity index (χ1v) is 12.5. The Morgan fingerprint density at radius 2 is 1.87 bits per heavy atom. The second-order valence-corrected chi connectivity index (χ2v) is 10.7. The number of sulfonamides is 1. The lowest BCUT2D eigenvalue weighted by Crippen LogP contribution is -2.32. The third-order valence-corrected chi connectivity index (χ3v) is 7.70. The summed E-state index contributed by atoms with van der Waals surface area (Å²) in [7, 11) is -0.750. The van der Waals surface area contributed by atoms with Crippen LogP contribution in [0.5, 0.6) is 0 Å².